The number of hydrogen-bond acceptors (Lipinski definition) is 7. The summed E-state index contributed by atoms with van der Waals surface area (Å²) in [6, 6.07) is 12.0. The van der Waals surface area contributed by atoms with E-state index in [1.807, 2.05) is 0 Å². The van der Waals surface area contributed by atoms with Gasteiger partial charge in [0.2, 0.25) is 11.8 Å². The maximum absolute atomic E-state index is 13.3. The molecule has 0 amide bonds. The molecule has 0 N–H and O–H groups in total. The van der Waals surface area contributed by atoms with E-state index in [1.54, 1.807) is 48.9 Å². The van der Waals surface area contributed by atoms with E-state index in [0.717, 1.165) is 12.1 Å². The van der Waals surface area contributed by atoms with Crippen molar-refractivity contribution < 1.29 is 22.3 Å². The normalized spacial score (nSPS) is 11.6. The molecule has 0 radical (unpaired) electrons. The SMILES string of the molecule is COc1ccc(-c2nnc(SCc3nnc(C)o3)n2-c2cccc(C(F)(F)F)c2)cc1. The number of aromatic nitrogens is 5. The van der Waals surface area contributed by atoms with Gasteiger partial charge in [-0.1, -0.05) is 17.8 Å². The molecule has 0 saturated carbocycles. The van der Waals surface area contributed by atoms with Crippen molar-refractivity contribution in [3.63, 3.8) is 0 Å². The Morgan fingerprint density at radius 1 is 1.03 bits per heavy atom. The van der Waals surface area contributed by atoms with Crippen molar-refractivity contribution in [3.05, 3.63) is 65.9 Å². The van der Waals surface area contributed by atoms with Gasteiger partial charge in [0.15, 0.2) is 11.0 Å². The average Bonchev–Trinajstić information content (AvgIpc) is 3.37. The fraction of sp³-hybridized carbons (Fsp3) is 0.200. The molecule has 0 fully saturated rings. The van der Waals surface area contributed by atoms with E-state index >= 15 is 0 Å². The lowest BCUT2D eigenvalue weighted by Crippen LogP contribution is -2.07. The molecule has 0 aliphatic carbocycles. The summed E-state index contributed by atoms with van der Waals surface area (Å²) >= 11 is 1.23. The first-order valence-electron chi connectivity index (χ1n) is 9.04. The van der Waals surface area contributed by atoms with Crippen molar-refractivity contribution >= 4 is 11.8 Å². The lowest BCUT2D eigenvalue weighted by Gasteiger charge is -2.13. The highest BCUT2D eigenvalue weighted by molar-refractivity contribution is 7.98. The Balaban J connectivity index is 1.77. The highest BCUT2D eigenvalue weighted by Gasteiger charge is 2.31. The van der Waals surface area contributed by atoms with Crippen molar-refractivity contribution in [3.8, 4) is 22.8 Å². The largest absolute Gasteiger partial charge is 0.497 e. The Kier molecular flexibility index (Phi) is 5.68. The summed E-state index contributed by atoms with van der Waals surface area (Å²) in [5, 5.41) is 16.5. The van der Waals surface area contributed by atoms with Gasteiger partial charge in [-0.15, -0.1) is 20.4 Å². The number of halogens is 3. The average molecular weight is 447 g/mol. The Morgan fingerprint density at radius 3 is 2.45 bits per heavy atom. The van der Waals surface area contributed by atoms with Gasteiger partial charge in [-0.25, -0.2) is 0 Å². The van der Waals surface area contributed by atoms with E-state index in [2.05, 4.69) is 20.4 Å². The molecule has 2 aromatic carbocycles. The fourth-order valence-corrected chi connectivity index (χ4v) is 3.66. The molecule has 0 saturated heterocycles. The van der Waals surface area contributed by atoms with Crippen molar-refractivity contribution in [1.29, 1.82) is 0 Å². The Labute approximate surface area is 179 Å². The second-order valence-corrected chi connectivity index (χ2v) is 7.36. The summed E-state index contributed by atoms with van der Waals surface area (Å²) in [5.41, 5.74) is 0.198. The molecular formula is C20H16F3N5O2S. The summed E-state index contributed by atoms with van der Waals surface area (Å²) in [6.07, 6.45) is -4.47. The van der Waals surface area contributed by atoms with E-state index in [-0.39, 0.29) is 5.69 Å². The van der Waals surface area contributed by atoms with Crippen LogP contribution in [0.1, 0.15) is 17.3 Å². The Hall–Kier alpha value is -3.34. The topological polar surface area (TPSA) is 78.9 Å². The standard InChI is InChI=1S/C20H16F3N5O2S/c1-12-24-25-17(30-12)11-31-19-27-26-18(13-6-8-16(29-2)9-7-13)28(19)15-5-3-4-14(10-15)20(21,22)23/h3-10H,11H2,1-2H3. The van der Waals surface area contributed by atoms with Crippen molar-refractivity contribution in [1.82, 2.24) is 25.0 Å². The van der Waals surface area contributed by atoms with E-state index < -0.39 is 11.7 Å². The van der Waals surface area contributed by atoms with Crippen LogP contribution in [-0.4, -0.2) is 32.1 Å². The molecule has 11 heteroatoms. The minimum Gasteiger partial charge on any atom is -0.497 e. The first kappa shape index (κ1) is 20.9. The van der Waals surface area contributed by atoms with Gasteiger partial charge >= 0.3 is 6.18 Å². The number of thioether (sulfide) groups is 1. The van der Waals surface area contributed by atoms with E-state index in [9.17, 15) is 13.2 Å². The van der Waals surface area contributed by atoms with Gasteiger partial charge in [0.05, 0.1) is 24.1 Å². The van der Waals surface area contributed by atoms with Gasteiger partial charge in [0.1, 0.15) is 5.75 Å². The number of nitrogens with zero attached hydrogens (tertiary/aromatic N) is 5. The molecule has 7 nitrogen and oxygen atoms in total. The van der Waals surface area contributed by atoms with Crippen molar-refractivity contribution in [2.75, 3.05) is 7.11 Å². The second kappa shape index (κ2) is 8.42. The zero-order valence-corrected chi connectivity index (χ0v) is 17.2. The van der Waals surface area contributed by atoms with Crippen LogP contribution in [0.2, 0.25) is 0 Å². The minimum atomic E-state index is -4.47. The smallest absolute Gasteiger partial charge is 0.416 e. The Morgan fingerprint density at radius 2 is 1.81 bits per heavy atom. The molecule has 31 heavy (non-hydrogen) atoms. The maximum Gasteiger partial charge on any atom is 0.416 e. The number of rotatable bonds is 6. The third kappa shape index (κ3) is 4.55. The third-order valence-corrected chi connectivity index (χ3v) is 5.22. The minimum absolute atomic E-state index is 0.287. The lowest BCUT2D eigenvalue weighted by atomic mass is 10.1. The summed E-state index contributed by atoms with van der Waals surface area (Å²) < 4.78 is 52.0. The molecule has 160 valence electrons. The van der Waals surface area contributed by atoms with E-state index in [0.29, 0.717) is 39.8 Å². The van der Waals surface area contributed by atoms with E-state index in [1.165, 1.54) is 17.8 Å². The van der Waals surface area contributed by atoms with Gasteiger partial charge < -0.3 is 9.15 Å². The molecule has 0 atom stereocenters. The molecule has 4 rings (SSSR count). The highest BCUT2D eigenvalue weighted by Crippen LogP contribution is 2.34. The molecule has 2 heterocycles. The first-order valence-corrected chi connectivity index (χ1v) is 10.0. The molecule has 0 bridgehead atoms. The Bertz CT molecular complexity index is 1190. The van der Waals surface area contributed by atoms with Crippen LogP contribution < -0.4 is 4.74 Å². The quantitative estimate of drug-likeness (QED) is 0.387. The zero-order valence-electron chi connectivity index (χ0n) is 16.4. The van der Waals surface area contributed by atoms with Crippen LogP contribution in [0.4, 0.5) is 13.2 Å². The fourth-order valence-electron chi connectivity index (χ4n) is 2.87. The number of aryl methyl sites for hydroxylation is 1. The summed E-state index contributed by atoms with van der Waals surface area (Å²) in [4.78, 5) is 0. The summed E-state index contributed by atoms with van der Waals surface area (Å²) in [5.74, 6) is 2.14. The number of ether oxygens (including phenoxy) is 1. The maximum atomic E-state index is 13.3. The zero-order chi connectivity index (χ0) is 22.0. The second-order valence-electron chi connectivity index (χ2n) is 6.42. The van der Waals surface area contributed by atoms with E-state index in [4.69, 9.17) is 9.15 Å². The number of hydrogen-bond donors (Lipinski definition) is 0. The van der Waals surface area contributed by atoms with Crippen LogP contribution in [0.25, 0.3) is 17.1 Å². The first-order chi connectivity index (χ1) is 14.8. The van der Waals surface area contributed by atoms with Crippen LogP contribution in [-0.2, 0) is 11.9 Å². The van der Waals surface area contributed by atoms with Crippen molar-refractivity contribution in [2.24, 2.45) is 0 Å². The van der Waals surface area contributed by atoms with Crippen LogP contribution >= 0.6 is 11.8 Å². The van der Waals surface area contributed by atoms with Gasteiger partial charge in [-0.2, -0.15) is 13.2 Å². The van der Waals surface area contributed by atoms with Gasteiger partial charge in [0, 0.05) is 12.5 Å². The molecular weight excluding hydrogens is 431 g/mol. The van der Waals surface area contributed by atoms with Crippen LogP contribution in [0.15, 0.2) is 58.1 Å². The van der Waals surface area contributed by atoms with Crippen molar-refractivity contribution in [2.45, 2.75) is 24.0 Å². The monoisotopic (exact) mass is 447 g/mol. The van der Waals surface area contributed by atoms with Gasteiger partial charge in [-0.05, 0) is 42.5 Å². The molecule has 0 aliphatic rings. The molecule has 4 aromatic rings. The summed E-state index contributed by atoms with van der Waals surface area (Å²) in [6.45, 7) is 1.67. The predicted octanol–water partition coefficient (Wildman–Crippen LogP) is 4.95. The van der Waals surface area contributed by atoms with Gasteiger partial charge in [-0.3, -0.25) is 4.57 Å². The summed E-state index contributed by atoms with van der Waals surface area (Å²) in [7, 11) is 1.55. The van der Waals surface area contributed by atoms with Crippen LogP contribution in [0, 0.1) is 6.92 Å². The number of alkyl halides is 3. The number of methoxy groups -OCH3 is 1. The predicted molar refractivity (Wildman–Crippen MR) is 107 cm³/mol. The van der Waals surface area contributed by atoms with Crippen LogP contribution in [0.3, 0.4) is 0 Å². The highest BCUT2D eigenvalue weighted by atomic mass is 32.2. The molecule has 0 unspecified atom stereocenters. The van der Waals surface area contributed by atoms with Gasteiger partial charge in [0.25, 0.3) is 0 Å². The number of benzene rings is 2. The third-order valence-electron chi connectivity index (χ3n) is 4.31. The molecule has 0 aliphatic heterocycles. The van der Waals surface area contributed by atoms with Crippen LogP contribution in [0.5, 0.6) is 5.75 Å². The lowest BCUT2D eigenvalue weighted by molar-refractivity contribution is -0.137. The molecule has 0 spiro atoms. The molecule has 2 aromatic heterocycles.